The summed E-state index contributed by atoms with van der Waals surface area (Å²) < 4.78 is 10.5. The maximum Gasteiger partial charge on any atom is 0.407 e. The minimum absolute atomic E-state index is 0.250. The van der Waals surface area contributed by atoms with Gasteiger partial charge in [-0.2, -0.15) is 0 Å². The number of ether oxygens (including phenoxy) is 2. The molecule has 1 N–H and O–H groups in total. The quantitative estimate of drug-likeness (QED) is 0.543. The van der Waals surface area contributed by atoms with E-state index in [1.807, 2.05) is 75.4 Å². The van der Waals surface area contributed by atoms with E-state index in [4.69, 9.17) is 9.47 Å². The number of esters is 1. The first kappa shape index (κ1) is 21.2. The van der Waals surface area contributed by atoms with Crippen molar-refractivity contribution in [2.75, 3.05) is 6.54 Å². The average molecular weight is 381 g/mol. The van der Waals surface area contributed by atoms with Crippen LogP contribution in [0.2, 0.25) is 0 Å². The number of hydrogen-bond acceptors (Lipinski definition) is 4. The Morgan fingerprint density at radius 2 is 1.79 bits per heavy atom. The minimum atomic E-state index is -0.524. The first-order valence-electron chi connectivity index (χ1n) is 9.28. The van der Waals surface area contributed by atoms with Crippen LogP contribution in [0.1, 0.15) is 48.7 Å². The van der Waals surface area contributed by atoms with E-state index in [1.54, 1.807) is 12.1 Å². The van der Waals surface area contributed by atoms with Gasteiger partial charge in [0.05, 0.1) is 5.56 Å². The van der Waals surface area contributed by atoms with E-state index in [1.165, 1.54) is 0 Å². The molecule has 0 aliphatic rings. The van der Waals surface area contributed by atoms with E-state index >= 15 is 0 Å². The van der Waals surface area contributed by atoms with Gasteiger partial charge in [-0.15, -0.1) is 0 Å². The molecule has 0 spiro atoms. The fraction of sp³-hybridized carbons (Fsp3) is 0.304. The molecule has 0 aliphatic heterocycles. The molecule has 5 heteroatoms. The molecule has 2 aromatic rings. The molecule has 2 rings (SSSR count). The van der Waals surface area contributed by atoms with Gasteiger partial charge in [0, 0.05) is 6.54 Å². The second kappa shape index (κ2) is 10.3. The summed E-state index contributed by atoms with van der Waals surface area (Å²) in [5, 5.41) is 2.71. The molecular weight excluding hydrogens is 354 g/mol. The number of nitrogens with one attached hydrogen (secondary N) is 1. The lowest BCUT2D eigenvalue weighted by atomic mass is 10.1. The van der Waals surface area contributed by atoms with E-state index in [9.17, 15) is 9.59 Å². The van der Waals surface area contributed by atoms with Crippen LogP contribution in [0.3, 0.4) is 0 Å². The summed E-state index contributed by atoms with van der Waals surface area (Å²) in [5.74, 6) is -0.342. The highest BCUT2D eigenvalue weighted by Crippen LogP contribution is 2.14. The number of alkyl carbamates (subject to hydrolysis) is 1. The predicted molar refractivity (Wildman–Crippen MR) is 110 cm³/mol. The number of carbonyl (C=O) groups is 2. The van der Waals surface area contributed by atoms with Crippen molar-refractivity contribution in [2.45, 2.75) is 39.4 Å². The van der Waals surface area contributed by atoms with Crippen molar-refractivity contribution in [3.8, 4) is 0 Å². The Morgan fingerprint density at radius 1 is 1.04 bits per heavy atom. The summed E-state index contributed by atoms with van der Waals surface area (Å²) in [6.45, 7) is 6.24. The smallest absolute Gasteiger partial charge is 0.407 e. The lowest BCUT2D eigenvalue weighted by molar-refractivity contribution is 0.00694. The second-order valence-corrected chi connectivity index (χ2v) is 7.31. The third kappa shape index (κ3) is 8.08. The summed E-state index contributed by atoms with van der Waals surface area (Å²) in [4.78, 5) is 23.8. The molecule has 5 nitrogen and oxygen atoms in total. The number of carbonyl (C=O) groups excluding carboxylic acids is 2. The monoisotopic (exact) mass is 381 g/mol. The molecule has 148 valence electrons. The minimum Gasteiger partial charge on any atom is -0.456 e. The molecule has 1 amide bonds. The third-order valence-corrected chi connectivity index (χ3v) is 3.62. The molecule has 0 aliphatic carbocycles. The maximum absolute atomic E-state index is 12.1. The highest BCUT2D eigenvalue weighted by Gasteiger charge is 2.17. The van der Waals surface area contributed by atoms with Crippen LogP contribution in [0, 0.1) is 0 Å². The van der Waals surface area contributed by atoms with Gasteiger partial charge in [-0.05, 0) is 50.5 Å². The van der Waals surface area contributed by atoms with Crippen LogP contribution >= 0.6 is 0 Å². The van der Waals surface area contributed by atoms with Gasteiger partial charge in [0.15, 0.2) is 0 Å². The van der Waals surface area contributed by atoms with Crippen LogP contribution in [0.25, 0.3) is 6.08 Å². The Morgan fingerprint density at radius 3 is 2.50 bits per heavy atom. The van der Waals surface area contributed by atoms with Crippen LogP contribution in [0.4, 0.5) is 4.79 Å². The fourth-order valence-electron chi connectivity index (χ4n) is 2.36. The maximum atomic E-state index is 12.1. The average Bonchev–Trinajstić information content (AvgIpc) is 2.66. The Kier molecular flexibility index (Phi) is 7.81. The van der Waals surface area contributed by atoms with Crippen LogP contribution in [-0.4, -0.2) is 24.2 Å². The SMILES string of the molecule is CC(C)(C)OC(=O)c1cccc(C=CCCNC(=O)OCc2ccccc2)c1. The number of amides is 1. The molecule has 0 saturated heterocycles. The topological polar surface area (TPSA) is 64.6 Å². The summed E-state index contributed by atoms with van der Waals surface area (Å²) in [6.07, 6.45) is 4.05. The first-order chi connectivity index (χ1) is 13.3. The van der Waals surface area contributed by atoms with Gasteiger partial charge in [-0.1, -0.05) is 54.6 Å². The lowest BCUT2D eigenvalue weighted by Crippen LogP contribution is -2.24. The van der Waals surface area contributed by atoms with Crippen molar-refractivity contribution in [2.24, 2.45) is 0 Å². The summed E-state index contributed by atoms with van der Waals surface area (Å²) >= 11 is 0. The summed E-state index contributed by atoms with van der Waals surface area (Å²) in [6, 6.07) is 16.8. The normalized spacial score (nSPS) is 11.2. The Balaban J connectivity index is 1.73. The molecule has 0 fully saturated rings. The van der Waals surface area contributed by atoms with Gasteiger partial charge >= 0.3 is 12.1 Å². The van der Waals surface area contributed by atoms with Gasteiger partial charge < -0.3 is 14.8 Å². The molecule has 2 aromatic carbocycles. The van der Waals surface area contributed by atoms with Gasteiger partial charge in [-0.25, -0.2) is 9.59 Å². The zero-order valence-corrected chi connectivity index (χ0v) is 16.6. The highest BCUT2D eigenvalue weighted by atomic mass is 16.6. The zero-order chi connectivity index (χ0) is 20.4. The molecule has 0 bridgehead atoms. The van der Waals surface area contributed by atoms with E-state index in [0.29, 0.717) is 18.5 Å². The molecule has 28 heavy (non-hydrogen) atoms. The molecule has 0 aromatic heterocycles. The standard InChI is InChI=1S/C23H27NO4/c1-23(2,3)28-21(25)20-14-9-13-18(16-20)10-7-8-15-24-22(26)27-17-19-11-5-4-6-12-19/h4-7,9-14,16H,8,15,17H2,1-3H3,(H,24,26). The molecule has 0 atom stereocenters. The Labute approximate surface area is 166 Å². The van der Waals surface area contributed by atoms with Gasteiger partial charge in [0.1, 0.15) is 12.2 Å². The molecule has 0 radical (unpaired) electrons. The van der Waals surface area contributed by atoms with Gasteiger partial charge in [0.2, 0.25) is 0 Å². The second-order valence-electron chi connectivity index (χ2n) is 7.31. The first-order valence-corrected chi connectivity index (χ1v) is 9.28. The zero-order valence-electron chi connectivity index (χ0n) is 16.6. The van der Waals surface area contributed by atoms with Crippen molar-refractivity contribution in [3.05, 3.63) is 77.4 Å². The van der Waals surface area contributed by atoms with Crippen molar-refractivity contribution in [3.63, 3.8) is 0 Å². The Hall–Kier alpha value is -3.08. The van der Waals surface area contributed by atoms with E-state index in [-0.39, 0.29) is 12.6 Å². The van der Waals surface area contributed by atoms with Crippen LogP contribution in [0.15, 0.2) is 60.7 Å². The lowest BCUT2D eigenvalue weighted by Gasteiger charge is -2.19. The van der Waals surface area contributed by atoms with Crippen molar-refractivity contribution < 1.29 is 19.1 Å². The van der Waals surface area contributed by atoms with Crippen molar-refractivity contribution in [1.29, 1.82) is 0 Å². The van der Waals surface area contributed by atoms with Crippen LogP contribution < -0.4 is 5.32 Å². The van der Waals surface area contributed by atoms with Crippen LogP contribution in [0.5, 0.6) is 0 Å². The van der Waals surface area contributed by atoms with E-state index < -0.39 is 11.7 Å². The van der Waals surface area contributed by atoms with Gasteiger partial charge in [0.25, 0.3) is 0 Å². The molecular formula is C23H27NO4. The molecule has 0 unspecified atom stereocenters. The van der Waals surface area contributed by atoms with E-state index in [2.05, 4.69) is 5.32 Å². The largest absolute Gasteiger partial charge is 0.456 e. The highest BCUT2D eigenvalue weighted by molar-refractivity contribution is 5.90. The van der Waals surface area contributed by atoms with E-state index in [0.717, 1.165) is 11.1 Å². The fourth-order valence-corrected chi connectivity index (χ4v) is 2.36. The summed E-state index contributed by atoms with van der Waals surface area (Å²) in [7, 11) is 0. The van der Waals surface area contributed by atoms with Gasteiger partial charge in [-0.3, -0.25) is 0 Å². The molecule has 0 heterocycles. The Bertz CT molecular complexity index is 807. The van der Waals surface area contributed by atoms with Crippen molar-refractivity contribution in [1.82, 2.24) is 5.32 Å². The molecule has 0 saturated carbocycles. The predicted octanol–water partition coefficient (Wildman–Crippen LogP) is 4.97. The number of benzene rings is 2. The number of rotatable bonds is 7. The van der Waals surface area contributed by atoms with Crippen molar-refractivity contribution >= 4 is 18.1 Å². The van der Waals surface area contributed by atoms with Crippen LogP contribution in [-0.2, 0) is 16.1 Å². The number of hydrogen-bond donors (Lipinski definition) is 1. The summed E-state index contributed by atoms with van der Waals surface area (Å²) in [5.41, 5.74) is 1.83. The third-order valence-electron chi connectivity index (χ3n) is 3.62.